The average molecular weight is 181 g/mol. The van der Waals surface area contributed by atoms with E-state index in [1.165, 1.54) is 38.6 Å². The third kappa shape index (κ3) is 1.40. The maximum absolute atomic E-state index is 10.1. The summed E-state index contributed by atoms with van der Waals surface area (Å²) in [5, 5.41) is 10.1. The maximum Gasteiger partial charge on any atom is 0.0928 e. The molecule has 3 aliphatic rings. The largest absolute Gasteiger partial charge is 0.387 e. The second-order valence-corrected chi connectivity index (χ2v) is 5.34. The van der Waals surface area contributed by atoms with Crippen LogP contribution in [0.4, 0.5) is 0 Å². The minimum absolute atomic E-state index is 0.260. The molecule has 13 heavy (non-hydrogen) atoms. The second kappa shape index (κ2) is 2.71. The molecular weight excluding hydrogens is 162 g/mol. The summed E-state index contributed by atoms with van der Waals surface area (Å²) in [6, 6.07) is 0. The van der Waals surface area contributed by atoms with Crippen molar-refractivity contribution >= 4 is 0 Å². The smallest absolute Gasteiger partial charge is 0.0928 e. The summed E-state index contributed by atoms with van der Waals surface area (Å²) in [7, 11) is 0. The van der Waals surface area contributed by atoms with Gasteiger partial charge in [-0.25, -0.2) is 0 Å². The molecule has 2 saturated carbocycles. The van der Waals surface area contributed by atoms with E-state index >= 15 is 0 Å². The van der Waals surface area contributed by atoms with Crippen LogP contribution in [0.25, 0.3) is 0 Å². The van der Waals surface area contributed by atoms with Gasteiger partial charge in [0, 0.05) is 19.6 Å². The van der Waals surface area contributed by atoms with Crippen molar-refractivity contribution in [2.24, 2.45) is 11.8 Å². The lowest BCUT2D eigenvalue weighted by molar-refractivity contribution is -0.120. The van der Waals surface area contributed by atoms with Crippen molar-refractivity contribution in [2.45, 2.75) is 37.7 Å². The first-order valence-corrected chi connectivity index (χ1v) is 5.71. The Morgan fingerprint density at radius 3 is 2.31 bits per heavy atom. The third-order valence-electron chi connectivity index (χ3n) is 4.07. The molecule has 0 bridgehead atoms. The van der Waals surface area contributed by atoms with E-state index in [1.54, 1.807) is 0 Å². The van der Waals surface area contributed by atoms with Crippen LogP contribution in [0.1, 0.15) is 32.1 Å². The molecule has 0 aromatic rings. The molecule has 1 aliphatic heterocycles. The van der Waals surface area contributed by atoms with E-state index in [4.69, 9.17) is 0 Å². The van der Waals surface area contributed by atoms with E-state index in [0.717, 1.165) is 19.0 Å². The lowest BCUT2D eigenvalue weighted by atomic mass is 9.82. The van der Waals surface area contributed by atoms with Gasteiger partial charge in [0.15, 0.2) is 0 Å². The number of likely N-dealkylation sites (tertiary alicyclic amines) is 1. The normalized spacial score (nSPS) is 33.9. The van der Waals surface area contributed by atoms with Gasteiger partial charge in [-0.1, -0.05) is 6.42 Å². The molecule has 0 unspecified atom stereocenters. The number of aliphatic hydroxyl groups is 1. The van der Waals surface area contributed by atoms with Crippen LogP contribution in [0.3, 0.4) is 0 Å². The van der Waals surface area contributed by atoms with E-state index in [2.05, 4.69) is 4.90 Å². The summed E-state index contributed by atoms with van der Waals surface area (Å²) in [6.07, 6.45) is 6.84. The highest BCUT2D eigenvalue weighted by atomic mass is 16.3. The molecule has 3 fully saturated rings. The van der Waals surface area contributed by atoms with Crippen LogP contribution >= 0.6 is 0 Å². The maximum atomic E-state index is 10.1. The van der Waals surface area contributed by atoms with Crippen LogP contribution in [0, 0.1) is 11.8 Å². The summed E-state index contributed by atoms with van der Waals surface area (Å²) in [5.41, 5.74) is -0.260. The van der Waals surface area contributed by atoms with Gasteiger partial charge in [0.1, 0.15) is 0 Å². The van der Waals surface area contributed by atoms with Crippen LogP contribution in [-0.4, -0.2) is 35.2 Å². The van der Waals surface area contributed by atoms with Crippen molar-refractivity contribution in [3.63, 3.8) is 0 Å². The highest BCUT2D eigenvalue weighted by Crippen LogP contribution is 2.45. The first kappa shape index (κ1) is 8.25. The summed E-state index contributed by atoms with van der Waals surface area (Å²) in [4.78, 5) is 2.45. The van der Waals surface area contributed by atoms with Gasteiger partial charge >= 0.3 is 0 Å². The van der Waals surface area contributed by atoms with Gasteiger partial charge in [0.2, 0.25) is 0 Å². The summed E-state index contributed by atoms with van der Waals surface area (Å²) < 4.78 is 0. The first-order chi connectivity index (χ1) is 6.26. The minimum atomic E-state index is -0.260. The molecule has 0 aromatic carbocycles. The van der Waals surface area contributed by atoms with Crippen molar-refractivity contribution < 1.29 is 5.11 Å². The SMILES string of the molecule is OC1(C2CC2)CN(CC2CCC2)C1. The van der Waals surface area contributed by atoms with E-state index in [1.807, 2.05) is 0 Å². The zero-order valence-electron chi connectivity index (χ0n) is 8.21. The number of rotatable bonds is 3. The van der Waals surface area contributed by atoms with Crippen LogP contribution in [0.5, 0.6) is 0 Å². The lowest BCUT2D eigenvalue weighted by Crippen LogP contribution is -2.64. The highest BCUT2D eigenvalue weighted by Gasteiger charge is 2.51. The Balaban J connectivity index is 1.45. The van der Waals surface area contributed by atoms with Gasteiger partial charge in [-0.3, -0.25) is 4.90 Å². The zero-order chi connectivity index (χ0) is 8.89. The van der Waals surface area contributed by atoms with Crippen LogP contribution < -0.4 is 0 Å². The zero-order valence-corrected chi connectivity index (χ0v) is 8.21. The molecule has 1 saturated heterocycles. The molecule has 2 aliphatic carbocycles. The molecule has 0 radical (unpaired) electrons. The molecule has 1 heterocycles. The van der Waals surface area contributed by atoms with Gasteiger partial charge in [0.25, 0.3) is 0 Å². The number of hydrogen-bond donors (Lipinski definition) is 1. The third-order valence-corrected chi connectivity index (χ3v) is 4.07. The van der Waals surface area contributed by atoms with Gasteiger partial charge in [0.05, 0.1) is 5.60 Å². The Hall–Kier alpha value is -0.0800. The minimum Gasteiger partial charge on any atom is -0.387 e. The molecule has 74 valence electrons. The van der Waals surface area contributed by atoms with E-state index in [-0.39, 0.29) is 5.60 Å². The second-order valence-electron chi connectivity index (χ2n) is 5.34. The van der Waals surface area contributed by atoms with Crippen LogP contribution in [0.2, 0.25) is 0 Å². The van der Waals surface area contributed by atoms with E-state index < -0.39 is 0 Å². The predicted molar refractivity (Wildman–Crippen MR) is 51.5 cm³/mol. The Kier molecular flexibility index (Phi) is 1.72. The van der Waals surface area contributed by atoms with Crippen molar-refractivity contribution in [1.29, 1.82) is 0 Å². The average Bonchev–Trinajstić information content (AvgIpc) is 2.73. The molecule has 0 atom stereocenters. The van der Waals surface area contributed by atoms with Crippen molar-refractivity contribution in [3.8, 4) is 0 Å². The van der Waals surface area contributed by atoms with Gasteiger partial charge < -0.3 is 5.11 Å². The fourth-order valence-corrected chi connectivity index (χ4v) is 2.78. The quantitative estimate of drug-likeness (QED) is 0.708. The Morgan fingerprint density at radius 1 is 1.15 bits per heavy atom. The topological polar surface area (TPSA) is 23.5 Å². The van der Waals surface area contributed by atoms with Gasteiger partial charge in [-0.05, 0) is 37.5 Å². The van der Waals surface area contributed by atoms with Crippen LogP contribution in [-0.2, 0) is 0 Å². The number of nitrogens with zero attached hydrogens (tertiary/aromatic N) is 1. The Morgan fingerprint density at radius 2 is 1.85 bits per heavy atom. The fraction of sp³-hybridized carbons (Fsp3) is 1.00. The molecule has 0 spiro atoms. The number of β-amino-alcohol motifs (C(OH)–C–C–N with tert-alkyl or cyclic N) is 1. The lowest BCUT2D eigenvalue weighted by Gasteiger charge is -2.49. The van der Waals surface area contributed by atoms with Crippen molar-refractivity contribution in [3.05, 3.63) is 0 Å². The molecule has 3 rings (SSSR count). The monoisotopic (exact) mass is 181 g/mol. The van der Waals surface area contributed by atoms with Crippen molar-refractivity contribution in [1.82, 2.24) is 4.90 Å². The first-order valence-electron chi connectivity index (χ1n) is 5.71. The van der Waals surface area contributed by atoms with Crippen molar-refractivity contribution in [2.75, 3.05) is 19.6 Å². The molecule has 0 amide bonds. The van der Waals surface area contributed by atoms with E-state index in [9.17, 15) is 5.11 Å². The molecule has 1 N–H and O–H groups in total. The van der Waals surface area contributed by atoms with Crippen LogP contribution in [0.15, 0.2) is 0 Å². The standard InChI is InChI=1S/C11H19NO/c13-11(10-4-5-10)7-12(8-11)6-9-2-1-3-9/h9-10,13H,1-8H2. The molecule has 2 heteroatoms. The highest BCUT2D eigenvalue weighted by molar-refractivity contribution is 5.05. The molecule has 2 nitrogen and oxygen atoms in total. The summed E-state index contributed by atoms with van der Waals surface area (Å²) in [6.45, 7) is 3.19. The summed E-state index contributed by atoms with van der Waals surface area (Å²) in [5.74, 6) is 1.62. The Bertz CT molecular complexity index is 202. The van der Waals surface area contributed by atoms with E-state index in [0.29, 0.717) is 5.92 Å². The fourth-order valence-electron chi connectivity index (χ4n) is 2.78. The predicted octanol–water partition coefficient (Wildman–Crippen LogP) is 1.24. The van der Waals surface area contributed by atoms with Gasteiger partial charge in [-0.15, -0.1) is 0 Å². The number of hydrogen-bond acceptors (Lipinski definition) is 2. The Labute approximate surface area is 79.9 Å². The molecule has 0 aromatic heterocycles. The molecular formula is C11H19NO. The van der Waals surface area contributed by atoms with Gasteiger partial charge in [-0.2, -0.15) is 0 Å². The summed E-state index contributed by atoms with van der Waals surface area (Å²) >= 11 is 0.